The van der Waals surface area contributed by atoms with Crippen molar-refractivity contribution in [2.45, 2.75) is 44.2 Å². The molecule has 128 valence electrons. The van der Waals surface area contributed by atoms with Crippen molar-refractivity contribution in [1.82, 2.24) is 10.2 Å². The van der Waals surface area contributed by atoms with Gasteiger partial charge in [0.1, 0.15) is 6.04 Å². The van der Waals surface area contributed by atoms with Crippen LogP contribution in [0.3, 0.4) is 0 Å². The van der Waals surface area contributed by atoms with E-state index in [2.05, 4.69) is 11.9 Å². The highest BCUT2D eigenvalue weighted by Gasteiger charge is 2.47. The van der Waals surface area contributed by atoms with Gasteiger partial charge in [-0.05, 0) is 43.4 Å². The Labute approximate surface area is 147 Å². The Bertz CT molecular complexity index is 646. The van der Waals surface area contributed by atoms with E-state index in [1.165, 1.54) is 6.42 Å². The third-order valence-electron chi connectivity index (χ3n) is 5.12. The van der Waals surface area contributed by atoms with E-state index in [1.54, 1.807) is 30.3 Å². The number of benzene rings is 1. The fourth-order valence-electron chi connectivity index (χ4n) is 4.05. The zero-order chi connectivity index (χ0) is 17.1. The number of hydrogen-bond acceptors (Lipinski definition) is 2. The van der Waals surface area contributed by atoms with Gasteiger partial charge >= 0.3 is 0 Å². The van der Waals surface area contributed by atoms with Gasteiger partial charge < -0.3 is 10.2 Å². The number of likely N-dealkylation sites (tertiary alicyclic amines) is 1. The number of nitrogens with one attached hydrogen (secondary N) is 1. The number of rotatable bonds is 4. The van der Waals surface area contributed by atoms with Crippen LogP contribution in [0.4, 0.5) is 0 Å². The zero-order valence-corrected chi connectivity index (χ0v) is 14.5. The molecule has 1 heterocycles. The van der Waals surface area contributed by atoms with Crippen molar-refractivity contribution in [3.8, 4) is 0 Å². The summed E-state index contributed by atoms with van der Waals surface area (Å²) in [7, 11) is 0. The van der Waals surface area contributed by atoms with E-state index >= 15 is 0 Å². The highest BCUT2D eigenvalue weighted by Crippen LogP contribution is 2.40. The molecule has 1 saturated heterocycles. The minimum absolute atomic E-state index is 0.0836. The van der Waals surface area contributed by atoms with Crippen LogP contribution in [0.5, 0.6) is 0 Å². The Morgan fingerprint density at radius 1 is 1.33 bits per heavy atom. The van der Waals surface area contributed by atoms with Crippen molar-refractivity contribution in [2.75, 3.05) is 6.54 Å². The van der Waals surface area contributed by atoms with Crippen molar-refractivity contribution in [2.24, 2.45) is 5.92 Å². The fourth-order valence-corrected chi connectivity index (χ4v) is 4.24. The molecule has 1 N–H and O–H groups in total. The summed E-state index contributed by atoms with van der Waals surface area (Å²) >= 11 is 6.04. The molecule has 0 radical (unpaired) electrons. The fraction of sp³-hybridized carbons (Fsp3) is 0.474. The van der Waals surface area contributed by atoms with E-state index in [0.29, 0.717) is 23.0 Å². The van der Waals surface area contributed by atoms with E-state index in [1.807, 2.05) is 4.90 Å². The van der Waals surface area contributed by atoms with Crippen molar-refractivity contribution in [3.63, 3.8) is 0 Å². The summed E-state index contributed by atoms with van der Waals surface area (Å²) in [6, 6.07) is 6.73. The minimum atomic E-state index is -0.399. The molecule has 3 atom stereocenters. The van der Waals surface area contributed by atoms with Crippen LogP contribution in [0.2, 0.25) is 5.02 Å². The summed E-state index contributed by atoms with van der Waals surface area (Å²) in [6.07, 6.45) is 6.77. The number of nitrogens with zero attached hydrogens (tertiary/aromatic N) is 1. The lowest BCUT2D eigenvalue weighted by Crippen LogP contribution is -2.49. The van der Waals surface area contributed by atoms with Gasteiger partial charge in [-0.3, -0.25) is 9.59 Å². The second kappa shape index (κ2) is 7.39. The van der Waals surface area contributed by atoms with Crippen molar-refractivity contribution in [1.29, 1.82) is 0 Å². The van der Waals surface area contributed by atoms with Gasteiger partial charge in [-0.15, -0.1) is 6.58 Å². The summed E-state index contributed by atoms with van der Waals surface area (Å²) in [5.74, 6) is 0.242. The largest absolute Gasteiger partial charge is 0.351 e. The van der Waals surface area contributed by atoms with Crippen LogP contribution in [0.25, 0.3) is 0 Å². The lowest BCUT2D eigenvalue weighted by atomic mass is 9.84. The molecule has 3 unspecified atom stereocenters. The minimum Gasteiger partial charge on any atom is -0.351 e. The summed E-state index contributed by atoms with van der Waals surface area (Å²) in [4.78, 5) is 27.5. The van der Waals surface area contributed by atoms with Crippen LogP contribution in [0, 0.1) is 5.92 Å². The van der Waals surface area contributed by atoms with Crippen LogP contribution in [0.15, 0.2) is 36.9 Å². The topological polar surface area (TPSA) is 49.4 Å². The van der Waals surface area contributed by atoms with E-state index < -0.39 is 6.04 Å². The maximum Gasteiger partial charge on any atom is 0.254 e. The van der Waals surface area contributed by atoms with E-state index in [-0.39, 0.29) is 17.9 Å². The van der Waals surface area contributed by atoms with Crippen LogP contribution in [-0.4, -0.2) is 35.3 Å². The number of fused-ring (bicyclic) bond motifs is 1. The third kappa shape index (κ3) is 3.34. The Kier molecular flexibility index (Phi) is 5.24. The quantitative estimate of drug-likeness (QED) is 0.849. The first-order chi connectivity index (χ1) is 11.6. The number of carbonyl (C=O) groups excluding carboxylic acids is 2. The van der Waals surface area contributed by atoms with Gasteiger partial charge in [0, 0.05) is 23.2 Å². The van der Waals surface area contributed by atoms with Gasteiger partial charge in [0.15, 0.2) is 0 Å². The standard InChI is InChI=1S/C19H23ClN2O2/c1-2-10-21-18(23)17-12-13-6-3-4-9-16(13)22(17)19(24)14-7-5-8-15(20)11-14/h2,5,7-8,11,13,16-17H,1,3-4,6,9-10,12H2,(H,21,23). The van der Waals surface area contributed by atoms with E-state index in [9.17, 15) is 9.59 Å². The predicted molar refractivity (Wildman–Crippen MR) is 95.0 cm³/mol. The molecule has 4 nitrogen and oxygen atoms in total. The molecular formula is C19H23ClN2O2. The molecule has 3 rings (SSSR count). The SMILES string of the molecule is C=CCNC(=O)C1CC2CCCCC2N1C(=O)c1cccc(Cl)c1. The lowest BCUT2D eigenvalue weighted by Gasteiger charge is -2.33. The van der Waals surface area contributed by atoms with Gasteiger partial charge in [-0.1, -0.05) is 36.6 Å². The average molecular weight is 347 g/mol. The first-order valence-corrected chi connectivity index (χ1v) is 8.96. The summed E-state index contributed by atoms with van der Waals surface area (Å²) in [5.41, 5.74) is 0.551. The first kappa shape index (κ1) is 17.0. The maximum absolute atomic E-state index is 13.1. The molecule has 1 aliphatic heterocycles. The van der Waals surface area contributed by atoms with Crippen molar-refractivity contribution < 1.29 is 9.59 Å². The highest BCUT2D eigenvalue weighted by molar-refractivity contribution is 6.31. The van der Waals surface area contributed by atoms with E-state index in [4.69, 9.17) is 11.6 Å². The number of halogens is 1. The molecule has 1 aromatic rings. The summed E-state index contributed by atoms with van der Waals surface area (Å²) < 4.78 is 0. The molecule has 1 aromatic carbocycles. The molecule has 0 spiro atoms. The maximum atomic E-state index is 13.1. The van der Waals surface area contributed by atoms with Gasteiger partial charge in [0.05, 0.1) is 0 Å². The van der Waals surface area contributed by atoms with Gasteiger partial charge in [-0.2, -0.15) is 0 Å². The number of amides is 2. The summed E-state index contributed by atoms with van der Waals surface area (Å²) in [5, 5.41) is 3.39. The smallest absolute Gasteiger partial charge is 0.254 e. The van der Waals surface area contributed by atoms with Crippen molar-refractivity contribution in [3.05, 3.63) is 47.5 Å². The van der Waals surface area contributed by atoms with E-state index in [0.717, 1.165) is 25.7 Å². The second-order valence-corrected chi connectivity index (χ2v) is 7.06. The zero-order valence-electron chi connectivity index (χ0n) is 13.7. The molecule has 2 amide bonds. The average Bonchev–Trinajstić information content (AvgIpc) is 2.98. The Balaban J connectivity index is 1.88. The molecule has 0 aromatic heterocycles. The normalized spacial score (nSPS) is 25.9. The highest BCUT2D eigenvalue weighted by atomic mass is 35.5. The van der Waals surface area contributed by atoms with Gasteiger partial charge in [0.25, 0.3) is 5.91 Å². The Morgan fingerprint density at radius 3 is 2.88 bits per heavy atom. The number of carbonyl (C=O) groups is 2. The molecule has 5 heteroatoms. The predicted octanol–water partition coefficient (Wildman–Crippen LogP) is 3.42. The van der Waals surface area contributed by atoms with Crippen LogP contribution in [0.1, 0.15) is 42.5 Å². The Morgan fingerprint density at radius 2 is 2.12 bits per heavy atom. The third-order valence-corrected chi connectivity index (χ3v) is 5.35. The van der Waals surface area contributed by atoms with Crippen molar-refractivity contribution >= 4 is 23.4 Å². The Hall–Kier alpha value is -1.81. The van der Waals surface area contributed by atoms with Crippen LogP contribution >= 0.6 is 11.6 Å². The van der Waals surface area contributed by atoms with Gasteiger partial charge in [-0.25, -0.2) is 0 Å². The van der Waals surface area contributed by atoms with Gasteiger partial charge in [0.2, 0.25) is 5.91 Å². The van der Waals surface area contributed by atoms with Crippen LogP contribution in [-0.2, 0) is 4.79 Å². The monoisotopic (exact) mass is 346 g/mol. The molecule has 2 fully saturated rings. The van der Waals surface area contributed by atoms with Crippen LogP contribution < -0.4 is 5.32 Å². The second-order valence-electron chi connectivity index (χ2n) is 6.62. The molecule has 1 saturated carbocycles. The molecule has 2 aliphatic rings. The lowest BCUT2D eigenvalue weighted by molar-refractivity contribution is -0.125. The molecule has 24 heavy (non-hydrogen) atoms. The molecular weight excluding hydrogens is 324 g/mol. The molecule has 0 bridgehead atoms. The first-order valence-electron chi connectivity index (χ1n) is 8.58. The number of hydrogen-bond donors (Lipinski definition) is 1. The molecule has 1 aliphatic carbocycles. The summed E-state index contributed by atoms with van der Waals surface area (Å²) in [6.45, 7) is 4.05.